The van der Waals surface area contributed by atoms with Gasteiger partial charge in [-0.15, -0.1) is 0 Å². The topological polar surface area (TPSA) is 87.8 Å². The molecule has 0 radical (unpaired) electrons. The summed E-state index contributed by atoms with van der Waals surface area (Å²) in [6, 6.07) is 7.15. The molecule has 1 aromatic carbocycles. The highest BCUT2D eigenvalue weighted by Gasteiger charge is 2.34. The van der Waals surface area contributed by atoms with E-state index in [4.69, 9.17) is 14.5 Å². The number of nitrogens with zero attached hydrogens (tertiary/aromatic N) is 6. The van der Waals surface area contributed by atoms with E-state index in [2.05, 4.69) is 19.9 Å². The number of aryl methyl sites for hydroxylation is 1. The second kappa shape index (κ2) is 9.21. The van der Waals surface area contributed by atoms with Gasteiger partial charge in [-0.05, 0) is 18.4 Å². The highest BCUT2D eigenvalue weighted by molar-refractivity contribution is 5.66. The molecule has 0 N–H and O–H groups in total. The van der Waals surface area contributed by atoms with E-state index >= 15 is 0 Å². The fraction of sp³-hybridized carbons (Fsp3) is 0.320. The quantitative estimate of drug-likeness (QED) is 0.362. The Labute approximate surface area is 205 Å². The van der Waals surface area contributed by atoms with Crippen molar-refractivity contribution in [3.8, 4) is 34.4 Å². The molecule has 0 bridgehead atoms. The lowest BCUT2D eigenvalue weighted by atomic mass is 10.1. The lowest BCUT2D eigenvalue weighted by molar-refractivity contribution is -0.140. The van der Waals surface area contributed by atoms with E-state index in [0.29, 0.717) is 46.6 Å². The van der Waals surface area contributed by atoms with Crippen molar-refractivity contribution in [2.24, 2.45) is 7.05 Å². The first kappa shape index (κ1) is 23.7. The summed E-state index contributed by atoms with van der Waals surface area (Å²) in [6.07, 6.45) is 2.09. The van der Waals surface area contributed by atoms with Crippen molar-refractivity contribution in [1.29, 1.82) is 0 Å². The number of imidazole rings is 1. The summed E-state index contributed by atoms with van der Waals surface area (Å²) in [5.74, 6) is 1.96. The van der Waals surface area contributed by atoms with Gasteiger partial charge in [0, 0.05) is 31.1 Å². The minimum atomic E-state index is -4.50. The molecule has 36 heavy (non-hydrogen) atoms. The molecule has 11 heteroatoms. The maximum absolute atomic E-state index is 13.0. The van der Waals surface area contributed by atoms with Gasteiger partial charge in [0.2, 0.25) is 5.88 Å². The van der Waals surface area contributed by atoms with Gasteiger partial charge in [-0.3, -0.25) is 0 Å². The number of hydrogen-bond donors (Lipinski definition) is 0. The number of halogens is 3. The van der Waals surface area contributed by atoms with Gasteiger partial charge in [0.15, 0.2) is 17.3 Å². The molecule has 3 heterocycles. The SMILES string of the molecule is COc1cnc(-c2c(OC)ncnc2C2CC2)nc1Cc1ccc(-c2nc(C(F)(F)F)cn2C)cc1. The second-order valence-corrected chi connectivity index (χ2v) is 8.56. The Kier molecular flexibility index (Phi) is 6.07. The van der Waals surface area contributed by atoms with Gasteiger partial charge in [0.25, 0.3) is 0 Å². The van der Waals surface area contributed by atoms with Gasteiger partial charge >= 0.3 is 6.18 Å². The van der Waals surface area contributed by atoms with Gasteiger partial charge in [0.1, 0.15) is 17.7 Å². The van der Waals surface area contributed by atoms with Crippen LogP contribution in [0.4, 0.5) is 13.2 Å². The Bertz CT molecular complexity index is 1400. The van der Waals surface area contributed by atoms with Gasteiger partial charge < -0.3 is 14.0 Å². The van der Waals surface area contributed by atoms with Crippen molar-refractivity contribution in [2.75, 3.05) is 14.2 Å². The third-order valence-electron chi connectivity index (χ3n) is 6.02. The first-order valence-corrected chi connectivity index (χ1v) is 11.3. The standard InChI is InChI=1S/C25H23F3N6O2/c1-34-12-19(25(26,27)28)33-23(34)16-6-4-14(5-7-16)10-17-18(35-2)11-29-22(32-17)20-21(15-8-9-15)30-13-31-24(20)36-3/h4-7,11-13,15H,8-10H2,1-3H3. The van der Waals surface area contributed by atoms with E-state index in [1.165, 1.54) is 17.9 Å². The van der Waals surface area contributed by atoms with Crippen molar-refractivity contribution < 1.29 is 22.6 Å². The van der Waals surface area contributed by atoms with Crippen LogP contribution in [0.5, 0.6) is 11.6 Å². The van der Waals surface area contributed by atoms with Crippen molar-refractivity contribution in [3.05, 3.63) is 65.6 Å². The zero-order valence-corrected chi connectivity index (χ0v) is 19.9. The van der Waals surface area contributed by atoms with Gasteiger partial charge in [-0.25, -0.2) is 24.9 Å². The lowest BCUT2D eigenvalue weighted by Gasteiger charge is -2.13. The van der Waals surface area contributed by atoms with Crippen LogP contribution < -0.4 is 9.47 Å². The smallest absolute Gasteiger partial charge is 0.434 e. The van der Waals surface area contributed by atoms with Crippen LogP contribution in [0.15, 0.2) is 43.0 Å². The molecule has 0 spiro atoms. The first-order valence-electron chi connectivity index (χ1n) is 11.3. The molecule has 0 atom stereocenters. The average molecular weight is 496 g/mol. The zero-order chi connectivity index (χ0) is 25.4. The fourth-order valence-electron chi connectivity index (χ4n) is 4.07. The Balaban J connectivity index is 1.46. The van der Waals surface area contributed by atoms with Crippen molar-refractivity contribution in [2.45, 2.75) is 31.4 Å². The number of hydrogen-bond acceptors (Lipinski definition) is 7. The van der Waals surface area contributed by atoms with Crippen LogP contribution in [0.25, 0.3) is 22.8 Å². The maximum atomic E-state index is 13.0. The van der Waals surface area contributed by atoms with Crippen LogP contribution >= 0.6 is 0 Å². The molecule has 1 fully saturated rings. The van der Waals surface area contributed by atoms with Crippen LogP contribution in [0.3, 0.4) is 0 Å². The van der Waals surface area contributed by atoms with Crippen LogP contribution in [0.2, 0.25) is 0 Å². The van der Waals surface area contributed by atoms with Gasteiger partial charge in [-0.2, -0.15) is 13.2 Å². The summed E-state index contributed by atoms with van der Waals surface area (Å²) in [5.41, 5.74) is 2.75. The van der Waals surface area contributed by atoms with E-state index in [1.807, 2.05) is 12.1 Å². The first-order chi connectivity index (χ1) is 17.3. The predicted molar refractivity (Wildman–Crippen MR) is 125 cm³/mol. The molecule has 5 rings (SSSR count). The lowest BCUT2D eigenvalue weighted by Crippen LogP contribution is -2.05. The third kappa shape index (κ3) is 4.60. The Morgan fingerprint density at radius 2 is 1.75 bits per heavy atom. The summed E-state index contributed by atoms with van der Waals surface area (Å²) in [7, 11) is 4.64. The number of benzene rings is 1. The molecule has 0 amide bonds. The van der Waals surface area contributed by atoms with Crippen LogP contribution in [0.1, 0.15) is 41.4 Å². The van der Waals surface area contributed by atoms with E-state index in [9.17, 15) is 13.2 Å². The van der Waals surface area contributed by atoms with Gasteiger partial charge in [0.05, 0.1) is 31.8 Å². The fourth-order valence-corrected chi connectivity index (χ4v) is 4.07. The summed E-state index contributed by atoms with van der Waals surface area (Å²) in [5, 5.41) is 0. The largest absolute Gasteiger partial charge is 0.493 e. The van der Waals surface area contributed by atoms with E-state index < -0.39 is 11.9 Å². The summed E-state index contributed by atoms with van der Waals surface area (Å²) < 4.78 is 51.4. The molecule has 8 nitrogen and oxygen atoms in total. The molecule has 3 aromatic heterocycles. The number of ether oxygens (including phenoxy) is 2. The second-order valence-electron chi connectivity index (χ2n) is 8.56. The summed E-state index contributed by atoms with van der Waals surface area (Å²) in [6.45, 7) is 0. The molecular weight excluding hydrogens is 473 g/mol. The average Bonchev–Trinajstić information content (AvgIpc) is 3.64. The van der Waals surface area contributed by atoms with Crippen LogP contribution in [-0.2, 0) is 19.6 Å². The minimum Gasteiger partial charge on any atom is -0.493 e. The van der Waals surface area contributed by atoms with Crippen LogP contribution in [0, 0.1) is 0 Å². The molecule has 186 valence electrons. The third-order valence-corrected chi connectivity index (χ3v) is 6.02. The molecule has 1 aliphatic carbocycles. The van der Waals surface area contributed by atoms with Crippen LogP contribution in [-0.4, -0.2) is 43.7 Å². The highest BCUT2D eigenvalue weighted by Crippen LogP contribution is 2.45. The molecule has 1 saturated carbocycles. The summed E-state index contributed by atoms with van der Waals surface area (Å²) in [4.78, 5) is 21.7. The molecule has 0 saturated heterocycles. The number of aromatic nitrogens is 6. The predicted octanol–water partition coefficient (Wildman–Crippen LogP) is 4.84. The minimum absolute atomic E-state index is 0.236. The molecular formula is C25H23F3N6O2. The monoisotopic (exact) mass is 496 g/mol. The molecule has 1 aliphatic rings. The molecule has 0 aliphatic heterocycles. The van der Waals surface area contributed by atoms with Crippen molar-refractivity contribution in [3.63, 3.8) is 0 Å². The van der Waals surface area contributed by atoms with Crippen molar-refractivity contribution in [1.82, 2.24) is 29.5 Å². The normalized spacial score (nSPS) is 13.6. The Hall–Kier alpha value is -4.02. The number of methoxy groups -OCH3 is 2. The summed E-state index contributed by atoms with van der Waals surface area (Å²) >= 11 is 0. The molecule has 4 aromatic rings. The zero-order valence-electron chi connectivity index (χ0n) is 19.9. The van der Waals surface area contributed by atoms with Crippen molar-refractivity contribution >= 4 is 0 Å². The highest BCUT2D eigenvalue weighted by atomic mass is 19.4. The number of alkyl halides is 3. The van der Waals surface area contributed by atoms with E-state index in [0.717, 1.165) is 30.3 Å². The maximum Gasteiger partial charge on any atom is 0.434 e. The Morgan fingerprint density at radius 3 is 2.36 bits per heavy atom. The van der Waals surface area contributed by atoms with Gasteiger partial charge in [-0.1, -0.05) is 24.3 Å². The Morgan fingerprint density at radius 1 is 1.00 bits per heavy atom. The number of rotatable bonds is 7. The molecule has 0 unspecified atom stereocenters. The van der Waals surface area contributed by atoms with E-state index in [-0.39, 0.29) is 5.82 Å². The van der Waals surface area contributed by atoms with E-state index in [1.54, 1.807) is 32.5 Å².